The highest BCUT2D eigenvalue weighted by molar-refractivity contribution is 7.89. The lowest BCUT2D eigenvalue weighted by molar-refractivity contribution is 0.565. The Bertz CT molecular complexity index is 352. The molecule has 0 atom stereocenters. The second kappa shape index (κ2) is 1.55. The number of hydrogen-bond donors (Lipinski definition) is 1. The van der Waals surface area contributed by atoms with E-state index in [1.165, 1.54) is 10.9 Å². The summed E-state index contributed by atoms with van der Waals surface area (Å²) in [7, 11) is -3.27. The van der Waals surface area contributed by atoms with E-state index in [-0.39, 0.29) is 11.7 Å². The SMILES string of the molecule is O=S1(=O)NCn2nncc21. The van der Waals surface area contributed by atoms with Crippen LogP contribution in [0, 0.1) is 0 Å². The Kier molecular flexibility index (Phi) is 0.902. The average Bonchev–Trinajstić information content (AvgIpc) is 2.36. The van der Waals surface area contributed by atoms with Gasteiger partial charge in [-0.2, -0.15) is 4.72 Å². The molecule has 7 heteroatoms. The van der Waals surface area contributed by atoms with E-state index in [0.717, 1.165) is 0 Å². The fraction of sp³-hybridized carbons (Fsp3) is 0.333. The van der Waals surface area contributed by atoms with E-state index in [9.17, 15) is 8.42 Å². The fourth-order valence-corrected chi connectivity index (χ4v) is 1.79. The van der Waals surface area contributed by atoms with Gasteiger partial charge in [-0.3, -0.25) is 0 Å². The molecule has 6 nitrogen and oxygen atoms in total. The van der Waals surface area contributed by atoms with Crippen molar-refractivity contribution < 1.29 is 8.42 Å². The minimum atomic E-state index is -3.27. The Labute approximate surface area is 56.9 Å². The third-order valence-corrected chi connectivity index (χ3v) is 2.64. The Morgan fingerprint density at radius 3 is 3.20 bits per heavy atom. The number of fused-ring (bicyclic) bond motifs is 1. The summed E-state index contributed by atoms with van der Waals surface area (Å²) in [4.78, 5) is 0. The van der Waals surface area contributed by atoms with Gasteiger partial charge in [0.05, 0.1) is 6.20 Å². The Morgan fingerprint density at radius 1 is 1.70 bits per heavy atom. The number of nitrogens with zero attached hydrogens (tertiary/aromatic N) is 3. The van der Waals surface area contributed by atoms with Crippen LogP contribution in [-0.2, 0) is 16.7 Å². The van der Waals surface area contributed by atoms with Gasteiger partial charge in [-0.25, -0.2) is 13.1 Å². The first-order valence-electron chi connectivity index (χ1n) is 2.58. The van der Waals surface area contributed by atoms with Gasteiger partial charge in [-0.15, -0.1) is 5.10 Å². The maximum atomic E-state index is 10.9. The maximum absolute atomic E-state index is 10.9. The smallest absolute Gasteiger partial charge is 0.217 e. The van der Waals surface area contributed by atoms with Crippen molar-refractivity contribution in [3.05, 3.63) is 6.20 Å². The van der Waals surface area contributed by atoms with Crippen LogP contribution < -0.4 is 4.72 Å². The van der Waals surface area contributed by atoms with E-state index < -0.39 is 10.0 Å². The Hall–Kier alpha value is -0.950. The van der Waals surface area contributed by atoms with Gasteiger partial charge in [0, 0.05) is 0 Å². The van der Waals surface area contributed by atoms with E-state index in [1.54, 1.807) is 0 Å². The average molecular weight is 160 g/mol. The standard InChI is InChI=1S/C3H4N4O2S/c8-10(9)3-1-4-6-7(3)2-5-10/h1,5H,2H2. The molecule has 0 fully saturated rings. The van der Waals surface area contributed by atoms with Crippen LogP contribution in [0.4, 0.5) is 0 Å². The molecule has 1 aliphatic rings. The van der Waals surface area contributed by atoms with Crippen LogP contribution in [0.3, 0.4) is 0 Å². The van der Waals surface area contributed by atoms with Gasteiger partial charge in [0.2, 0.25) is 0 Å². The van der Waals surface area contributed by atoms with E-state index in [0.29, 0.717) is 0 Å². The van der Waals surface area contributed by atoms with Gasteiger partial charge < -0.3 is 0 Å². The second-order valence-corrected chi connectivity index (χ2v) is 3.59. The van der Waals surface area contributed by atoms with Crippen molar-refractivity contribution in [3.8, 4) is 0 Å². The zero-order valence-corrected chi connectivity index (χ0v) is 5.67. The molecule has 0 spiro atoms. The van der Waals surface area contributed by atoms with Gasteiger partial charge in [-0.05, 0) is 0 Å². The van der Waals surface area contributed by atoms with E-state index >= 15 is 0 Å². The summed E-state index contributed by atoms with van der Waals surface area (Å²) in [6.45, 7) is 0.192. The van der Waals surface area contributed by atoms with Crippen LogP contribution in [0.1, 0.15) is 0 Å². The predicted molar refractivity (Wildman–Crippen MR) is 30.3 cm³/mol. The van der Waals surface area contributed by atoms with Crippen molar-refractivity contribution in [2.24, 2.45) is 0 Å². The first-order valence-corrected chi connectivity index (χ1v) is 4.07. The van der Waals surface area contributed by atoms with Gasteiger partial charge in [0.15, 0.2) is 5.03 Å². The Morgan fingerprint density at radius 2 is 2.50 bits per heavy atom. The lowest BCUT2D eigenvalue weighted by Crippen LogP contribution is -2.15. The molecule has 1 aromatic rings. The largest absolute Gasteiger partial charge is 0.260 e. The lowest BCUT2D eigenvalue weighted by atomic mass is 10.9. The molecule has 2 rings (SSSR count). The van der Waals surface area contributed by atoms with Gasteiger partial charge in [0.1, 0.15) is 6.67 Å². The topological polar surface area (TPSA) is 76.9 Å². The zero-order valence-electron chi connectivity index (χ0n) is 4.85. The summed E-state index contributed by atoms with van der Waals surface area (Å²) in [5, 5.41) is 7.08. The molecular weight excluding hydrogens is 156 g/mol. The lowest BCUT2D eigenvalue weighted by Gasteiger charge is -1.85. The molecule has 0 bridgehead atoms. The van der Waals surface area contributed by atoms with E-state index in [2.05, 4.69) is 15.0 Å². The molecule has 0 saturated carbocycles. The molecule has 54 valence electrons. The maximum Gasteiger partial charge on any atom is 0.260 e. The quantitative estimate of drug-likeness (QED) is 0.502. The van der Waals surface area contributed by atoms with Crippen LogP contribution in [0.2, 0.25) is 0 Å². The van der Waals surface area contributed by atoms with Crippen molar-refractivity contribution in [3.63, 3.8) is 0 Å². The highest BCUT2D eigenvalue weighted by Crippen LogP contribution is 2.10. The fourth-order valence-electron chi connectivity index (χ4n) is 0.786. The first-order chi connectivity index (χ1) is 4.70. The summed E-state index contributed by atoms with van der Waals surface area (Å²) < 4.78 is 25.4. The molecule has 0 radical (unpaired) electrons. The van der Waals surface area contributed by atoms with Gasteiger partial charge in [-0.1, -0.05) is 5.21 Å². The van der Waals surface area contributed by atoms with Crippen LogP contribution in [0.5, 0.6) is 0 Å². The molecule has 1 aliphatic heterocycles. The summed E-state index contributed by atoms with van der Waals surface area (Å²) in [6.07, 6.45) is 1.22. The van der Waals surface area contributed by atoms with Crippen molar-refractivity contribution in [1.82, 2.24) is 19.7 Å². The van der Waals surface area contributed by atoms with E-state index in [4.69, 9.17) is 0 Å². The molecule has 0 amide bonds. The van der Waals surface area contributed by atoms with Crippen molar-refractivity contribution in [2.45, 2.75) is 11.7 Å². The zero-order chi connectivity index (χ0) is 7.19. The molecule has 2 heterocycles. The van der Waals surface area contributed by atoms with Crippen LogP contribution >= 0.6 is 0 Å². The van der Waals surface area contributed by atoms with Crippen LogP contribution in [0.15, 0.2) is 11.2 Å². The summed E-state index contributed by atoms with van der Waals surface area (Å²) in [5.74, 6) is 0. The summed E-state index contributed by atoms with van der Waals surface area (Å²) >= 11 is 0. The van der Waals surface area contributed by atoms with Crippen molar-refractivity contribution in [1.29, 1.82) is 0 Å². The van der Waals surface area contributed by atoms with Crippen molar-refractivity contribution >= 4 is 10.0 Å². The molecule has 0 unspecified atom stereocenters. The van der Waals surface area contributed by atoms with E-state index in [1.807, 2.05) is 0 Å². The molecular formula is C3H4N4O2S. The summed E-state index contributed by atoms with van der Waals surface area (Å²) in [5.41, 5.74) is 0. The first kappa shape index (κ1) is 5.81. The monoisotopic (exact) mass is 160 g/mol. The number of sulfonamides is 1. The number of aromatic nitrogens is 3. The molecule has 0 aliphatic carbocycles. The normalized spacial score (nSPS) is 20.8. The number of nitrogens with one attached hydrogen (secondary N) is 1. The highest BCUT2D eigenvalue weighted by Gasteiger charge is 2.26. The molecule has 10 heavy (non-hydrogen) atoms. The minimum absolute atomic E-state index is 0.132. The molecule has 1 N–H and O–H groups in total. The predicted octanol–water partition coefficient (Wildman–Crippen LogP) is -1.47. The summed E-state index contributed by atoms with van der Waals surface area (Å²) in [6, 6.07) is 0. The molecule has 1 aromatic heterocycles. The minimum Gasteiger partial charge on any atom is -0.217 e. The number of hydrogen-bond acceptors (Lipinski definition) is 4. The second-order valence-electron chi connectivity index (χ2n) is 1.88. The Balaban J connectivity index is 2.76. The van der Waals surface area contributed by atoms with Crippen LogP contribution in [0.25, 0.3) is 0 Å². The third kappa shape index (κ3) is 0.582. The number of rotatable bonds is 0. The highest BCUT2D eigenvalue weighted by atomic mass is 32.2. The van der Waals surface area contributed by atoms with Gasteiger partial charge >= 0.3 is 0 Å². The molecule has 0 aromatic carbocycles. The van der Waals surface area contributed by atoms with Gasteiger partial charge in [0.25, 0.3) is 10.0 Å². The third-order valence-electron chi connectivity index (χ3n) is 1.26. The van der Waals surface area contributed by atoms with Crippen molar-refractivity contribution in [2.75, 3.05) is 0 Å². The van der Waals surface area contributed by atoms with Crippen LogP contribution in [-0.4, -0.2) is 23.4 Å². The molecule has 0 saturated heterocycles.